The molecule has 0 spiro atoms. The van der Waals surface area contributed by atoms with E-state index in [0.717, 1.165) is 0 Å². The summed E-state index contributed by atoms with van der Waals surface area (Å²) >= 11 is 0. The minimum atomic E-state index is -0.368. The summed E-state index contributed by atoms with van der Waals surface area (Å²) in [4.78, 5) is 22.9. The zero-order valence-electron chi connectivity index (χ0n) is 7.93. The van der Waals surface area contributed by atoms with E-state index in [4.69, 9.17) is 5.11 Å². The monoisotopic (exact) mass is 195 g/mol. The van der Waals surface area contributed by atoms with Gasteiger partial charge in [0, 0.05) is 5.92 Å². The van der Waals surface area contributed by atoms with E-state index in [0.29, 0.717) is 0 Å². The Balaban J connectivity index is 2.35. The fraction of sp³-hybridized carbons (Fsp3) is 0.600. The maximum absolute atomic E-state index is 11.5. The van der Waals surface area contributed by atoms with Gasteiger partial charge in [-0.05, 0) is 5.92 Å². The first-order valence-corrected chi connectivity index (χ1v) is 4.79. The topological polar surface area (TPSA) is 66.4 Å². The van der Waals surface area contributed by atoms with Crippen molar-refractivity contribution in [3.63, 3.8) is 0 Å². The molecule has 2 aliphatic rings. The highest BCUT2D eigenvalue weighted by Gasteiger charge is 2.48. The number of imide groups is 1. The second-order valence-electron chi connectivity index (χ2n) is 4.00. The summed E-state index contributed by atoms with van der Waals surface area (Å²) < 4.78 is 0. The van der Waals surface area contributed by atoms with E-state index < -0.39 is 0 Å². The Kier molecular flexibility index (Phi) is 2.15. The van der Waals surface area contributed by atoms with Crippen LogP contribution < -0.4 is 5.32 Å². The molecule has 2 N–H and O–H groups in total. The van der Waals surface area contributed by atoms with Gasteiger partial charge < -0.3 is 5.11 Å². The number of carbonyl (C=O) groups excluding carboxylic acids is 2. The molecule has 76 valence electrons. The molecule has 1 aliphatic carbocycles. The second kappa shape index (κ2) is 3.20. The van der Waals surface area contributed by atoms with Crippen LogP contribution in [0.2, 0.25) is 0 Å². The van der Waals surface area contributed by atoms with Crippen LogP contribution in [0.1, 0.15) is 6.92 Å². The normalized spacial score (nSPS) is 41.0. The Morgan fingerprint density at radius 3 is 2.57 bits per heavy atom. The van der Waals surface area contributed by atoms with Crippen LogP contribution in [0.25, 0.3) is 0 Å². The average molecular weight is 195 g/mol. The third kappa shape index (κ3) is 1.18. The van der Waals surface area contributed by atoms with E-state index >= 15 is 0 Å². The number of allylic oxidation sites excluding steroid dienone is 1. The molecule has 4 heteroatoms. The van der Waals surface area contributed by atoms with E-state index in [1.54, 1.807) is 0 Å². The maximum Gasteiger partial charge on any atom is 0.231 e. The number of hydrogen-bond donors (Lipinski definition) is 2. The molecule has 0 aromatic carbocycles. The predicted octanol–water partition coefficient (Wildman–Crippen LogP) is -0.310. The van der Waals surface area contributed by atoms with E-state index in [2.05, 4.69) is 5.32 Å². The highest BCUT2D eigenvalue weighted by molar-refractivity contribution is 6.05. The second-order valence-corrected chi connectivity index (χ2v) is 4.00. The van der Waals surface area contributed by atoms with Crippen molar-refractivity contribution in [1.29, 1.82) is 0 Å². The molecule has 0 bridgehead atoms. The molecule has 2 amide bonds. The lowest BCUT2D eigenvalue weighted by Gasteiger charge is -2.28. The SMILES string of the molecule is C[C@H]1C=C[C@@H](CO)[C@H]2C(=O)NC(=O)[C@H]21. The van der Waals surface area contributed by atoms with Crippen molar-refractivity contribution in [2.24, 2.45) is 23.7 Å². The first-order chi connectivity index (χ1) is 6.65. The van der Waals surface area contributed by atoms with Gasteiger partial charge in [-0.3, -0.25) is 14.9 Å². The van der Waals surface area contributed by atoms with Gasteiger partial charge in [0.1, 0.15) is 0 Å². The van der Waals surface area contributed by atoms with Gasteiger partial charge in [-0.2, -0.15) is 0 Å². The molecule has 0 aromatic heterocycles. The quantitative estimate of drug-likeness (QED) is 0.445. The van der Waals surface area contributed by atoms with E-state index in [9.17, 15) is 9.59 Å². The molecular weight excluding hydrogens is 182 g/mol. The third-order valence-corrected chi connectivity index (χ3v) is 3.14. The molecule has 0 radical (unpaired) electrons. The summed E-state index contributed by atoms with van der Waals surface area (Å²) in [6, 6.07) is 0. The van der Waals surface area contributed by atoms with Crippen molar-refractivity contribution in [3.8, 4) is 0 Å². The number of carbonyl (C=O) groups is 2. The zero-order chi connectivity index (χ0) is 10.3. The Hall–Kier alpha value is -1.16. The average Bonchev–Trinajstić information content (AvgIpc) is 2.44. The number of fused-ring (bicyclic) bond motifs is 1. The van der Waals surface area contributed by atoms with Crippen molar-refractivity contribution in [3.05, 3.63) is 12.2 Å². The molecule has 4 nitrogen and oxygen atoms in total. The number of aliphatic hydroxyl groups is 1. The van der Waals surface area contributed by atoms with Crippen molar-refractivity contribution in [1.82, 2.24) is 5.32 Å². The first kappa shape index (κ1) is 9.40. The number of amides is 2. The molecule has 1 fully saturated rings. The van der Waals surface area contributed by atoms with Crippen molar-refractivity contribution >= 4 is 11.8 Å². The van der Waals surface area contributed by atoms with Crippen LogP contribution in [0.15, 0.2) is 12.2 Å². The number of hydrogen-bond acceptors (Lipinski definition) is 3. The van der Waals surface area contributed by atoms with Crippen molar-refractivity contribution < 1.29 is 14.7 Å². The van der Waals surface area contributed by atoms with Gasteiger partial charge in [-0.1, -0.05) is 19.1 Å². The molecular formula is C10H13NO3. The lowest BCUT2D eigenvalue weighted by molar-refractivity contribution is -0.126. The van der Waals surface area contributed by atoms with E-state index in [-0.39, 0.29) is 42.1 Å². The zero-order valence-corrected chi connectivity index (χ0v) is 7.93. The molecule has 0 unspecified atom stereocenters. The summed E-state index contributed by atoms with van der Waals surface area (Å²) in [7, 11) is 0. The van der Waals surface area contributed by atoms with Gasteiger partial charge in [0.2, 0.25) is 11.8 Å². The molecule has 14 heavy (non-hydrogen) atoms. The predicted molar refractivity (Wildman–Crippen MR) is 49.0 cm³/mol. The summed E-state index contributed by atoms with van der Waals surface area (Å²) in [6.07, 6.45) is 3.74. The smallest absolute Gasteiger partial charge is 0.231 e. The van der Waals surface area contributed by atoms with E-state index in [1.165, 1.54) is 0 Å². The minimum Gasteiger partial charge on any atom is -0.396 e. The summed E-state index contributed by atoms with van der Waals surface area (Å²) in [5.74, 6) is -1.22. The Labute approximate surface area is 82.0 Å². The molecule has 1 aliphatic heterocycles. The Morgan fingerprint density at radius 2 is 1.93 bits per heavy atom. The maximum atomic E-state index is 11.5. The van der Waals surface area contributed by atoms with Crippen molar-refractivity contribution in [2.75, 3.05) is 6.61 Å². The molecule has 1 heterocycles. The fourth-order valence-corrected chi connectivity index (χ4v) is 2.37. The van der Waals surface area contributed by atoms with E-state index in [1.807, 2.05) is 19.1 Å². The van der Waals surface area contributed by atoms with Crippen LogP contribution >= 0.6 is 0 Å². The highest BCUT2D eigenvalue weighted by Crippen LogP contribution is 2.37. The lowest BCUT2D eigenvalue weighted by Crippen LogP contribution is -2.34. The van der Waals surface area contributed by atoms with Crippen LogP contribution in [0.3, 0.4) is 0 Å². The van der Waals surface area contributed by atoms with Crippen LogP contribution in [-0.2, 0) is 9.59 Å². The van der Waals surface area contributed by atoms with Gasteiger partial charge in [0.05, 0.1) is 18.4 Å². The van der Waals surface area contributed by atoms with Crippen molar-refractivity contribution in [2.45, 2.75) is 6.92 Å². The summed E-state index contributed by atoms with van der Waals surface area (Å²) in [6.45, 7) is 1.84. The van der Waals surface area contributed by atoms with Gasteiger partial charge in [-0.25, -0.2) is 0 Å². The van der Waals surface area contributed by atoms with Gasteiger partial charge in [0.25, 0.3) is 0 Å². The fourth-order valence-electron chi connectivity index (χ4n) is 2.37. The van der Waals surface area contributed by atoms with Crippen LogP contribution in [0.5, 0.6) is 0 Å². The summed E-state index contributed by atoms with van der Waals surface area (Å²) in [5, 5.41) is 11.4. The largest absolute Gasteiger partial charge is 0.396 e. The summed E-state index contributed by atoms with van der Waals surface area (Å²) in [5.41, 5.74) is 0. The highest BCUT2D eigenvalue weighted by atomic mass is 16.3. The van der Waals surface area contributed by atoms with Crippen LogP contribution in [0.4, 0.5) is 0 Å². The van der Waals surface area contributed by atoms with Crippen LogP contribution in [-0.4, -0.2) is 23.5 Å². The molecule has 1 saturated heterocycles. The Morgan fingerprint density at radius 1 is 1.29 bits per heavy atom. The molecule has 4 atom stereocenters. The minimum absolute atomic E-state index is 0.0780. The lowest BCUT2D eigenvalue weighted by atomic mass is 9.73. The number of nitrogens with one attached hydrogen (secondary N) is 1. The van der Waals surface area contributed by atoms with Gasteiger partial charge >= 0.3 is 0 Å². The molecule has 0 aromatic rings. The standard InChI is InChI=1S/C10H13NO3/c1-5-2-3-6(4-12)8-7(5)9(13)11-10(8)14/h2-3,5-8,12H,4H2,1H3,(H,11,13,14)/t5-,6-,7-,8+/m0/s1. The Bertz CT molecular complexity index is 310. The van der Waals surface area contributed by atoms with Gasteiger partial charge in [-0.15, -0.1) is 0 Å². The number of aliphatic hydroxyl groups excluding tert-OH is 1. The third-order valence-electron chi connectivity index (χ3n) is 3.14. The van der Waals surface area contributed by atoms with Crippen LogP contribution in [0, 0.1) is 23.7 Å². The molecule has 0 saturated carbocycles. The number of rotatable bonds is 1. The first-order valence-electron chi connectivity index (χ1n) is 4.79. The van der Waals surface area contributed by atoms with Gasteiger partial charge in [0.15, 0.2) is 0 Å². The molecule has 2 rings (SSSR count).